The van der Waals surface area contributed by atoms with E-state index in [1.165, 1.54) is 6.07 Å². The smallest absolute Gasteiger partial charge is 0.147 e. The molecule has 0 saturated carbocycles. The molecule has 0 atom stereocenters. The molecule has 0 aliphatic carbocycles. The fraction of sp³-hybridized carbons (Fsp3) is 0.250. The summed E-state index contributed by atoms with van der Waals surface area (Å²) in [5.41, 5.74) is 0.348. The average Bonchev–Trinajstić information content (AvgIpc) is 2.76. The van der Waals surface area contributed by atoms with E-state index in [0.717, 1.165) is 16.3 Å². The van der Waals surface area contributed by atoms with Crippen LogP contribution in [0.25, 0.3) is 0 Å². The minimum atomic E-state index is -0.335. The number of benzene rings is 1. The van der Waals surface area contributed by atoms with E-state index >= 15 is 0 Å². The lowest BCUT2D eigenvalue weighted by atomic mass is 10.3. The molecule has 1 aromatic carbocycles. The molecule has 1 aromatic heterocycles. The van der Waals surface area contributed by atoms with Gasteiger partial charge in [-0.2, -0.15) is 0 Å². The average molecular weight is 271 g/mol. The maximum absolute atomic E-state index is 13.5. The van der Waals surface area contributed by atoms with Crippen LogP contribution in [0.5, 0.6) is 0 Å². The summed E-state index contributed by atoms with van der Waals surface area (Å²) in [5.74, 6) is -0.335. The monoisotopic (exact) mass is 270 g/mol. The molecule has 0 bridgehead atoms. The van der Waals surface area contributed by atoms with Gasteiger partial charge < -0.3 is 5.32 Å². The molecule has 0 aliphatic heterocycles. The summed E-state index contributed by atoms with van der Waals surface area (Å²) in [6.45, 7) is 2.60. The van der Waals surface area contributed by atoms with Crippen LogP contribution in [0.1, 0.15) is 16.8 Å². The molecule has 2 nitrogen and oxygen atoms in total. The Balaban J connectivity index is 2.07. The van der Waals surface area contributed by atoms with E-state index in [1.807, 2.05) is 6.20 Å². The highest BCUT2D eigenvalue weighted by atomic mass is 35.5. The van der Waals surface area contributed by atoms with Crippen LogP contribution in [0.4, 0.5) is 10.1 Å². The Morgan fingerprint density at radius 2 is 2.29 bits per heavy atom. The number of para-hydroxylation sites is 1. The van der Waals surface area contributed by atoms with Crippen molar-refractivity contribution in [2.45, 2.75) is 19.9 Å². The minimum Gasteiger partial charge on any atom is -0.377 e. The molecular weight excluding hydrogens is 259 g/mol. The second kappa shape index (κ2) is 5.47. The van der Waals surface area contributed by atoms with Gasteiger partial charge in [0.2, 0.25) is 0 Å². The van der Waals surface area contributed by atoms with Crippen molar-refractivity contribution in [2.75, 3.05) is 5.32 Å². The van der Waals surface area contributed by atoms with Gasteiger partial charge >= 0.3 is 0 Å². The van der Waals surface area contributed by atoms with Crippen molar-refractivity contribution >= 4 is 28.6 Å². The first-order valence-electron chi connectivity index (χ1n) is 5.32. The third kappa shape index (κ3) is 2.96. The SMILES string of the molecule is CCc1ncc(CNc2c(F)cccc2Cl)s1. The molecule has 2 rings (SSSR count). The molecule has 17 heavy (non-hydrogen) atoms. The van der Waals surface area contributed by atoms with Crippen LogP contribution in [0.3, 0.4) is 0 Å². The van der Waals surface area contributed by atoms with E-state index in [0.29, 0.717) is 17.3 Å². The summed E-state index contributed by atoms with van der Waals surface area (Å²) in [6, 6.07) is 4.64. The standard InChI is InChI=1S/C12H12ClFN2S/c1-2-11-15-6-8(17-11)7-16-12-9(13)4-3-5-10(12)14/h3-6,16H,2,7H2,1H3. The van der Waals surface area contributed by atoms with Crippen molar-refractivity contribution in [2.24, 2.45) is 0 Å². The quantitative estimate of drug-likeness (QED) is 0.904. The molecule has 0 fully saturated rings. The van der Waals surface area contributed by atoms with Gasteiger partial charge in [0.1, 0.15) is 5.82 Å². The van der Waals surface area contributed by atoms with Crippen molar-refractivity contribution in [3.8, 4) is 0 Å². The van der Waals surface area contributed by atoms with Gasteiger partial charge in [0.25, 0.3) is 0 Å². The number of thiazole rings is 1. The first-order chi connectivity index (χ1) is 8.20. The normalized spacial score (nSPS) is 10.5. The van der Waals surface area contributed by atoms with Crippen LogP contribution in [0.15, 0.2) is 24.4 Å². The molecule has 0 aliphatic rings. The topological polar surface area (TPSA) is 24.9 Å². The van der Waals surface area contributed by atoms with Gasteiger partial charge in [-0.25, -0.2) is 9.37 Å². The van der Waals surface area contributed by atoms with Gasteiger partial charge in [-0.05, 0) is 18.6 Å². The third-order valence-electron chi connectivity index (χ3n) is 2.31. The summed E-state index contributed by atoms with van der Waals surface area (Å²) < 4.78 is 13.5. The van der Waals surface area contributed by atoms with Gasteiger partial charge in [0, 0.05) is 11.1 Å². The van der Waals surface area contributed by atoms with Crippen molar-refractivity contribution in [1.82, 2.24) is 4.98 Å². The van der Waals surface area contributed by atoms with Crippen molar-refractivity contribution in [1.29, 1.82) is 0 Å². The fourth-order valence-electron chi connectivity index (χ4n) is 1.44. The van der Waals surface area contributed by atoms with Crippen LogP contribution >= 0.6 is 22.9 Å². The maximum atomic E-state index is 13.5. The van der Waals surface area contributed by atoms with Gasteiger partial charge in [-0.1, -0.05) is 24.6 Å². The Hall–Kier alpha value is -1.13. The second-order valence-electron chi connectivity index (χ2n) is 3.52. The lowest BCUT2D eigenvalue weighted by molar-refractivity contribution is 0.630. The van der Waals surface area contributed by atoms with Gasteiger partial charge in [0.15, 0.2) is 0 Å². The largest absolute Gasteiger partial charge is 0.377 e. The number of anilines is 1. The van der Waals surface area contributed by atoms with Crippen LogP contribution in [0.2, 0.25) is 5.02 Å². The molecule has 1 heterocycles. The first kappa shape index (κ1) is 12.3. The summed E-state index contributed by atoms with van der Waals surface area (Å²) in [5, 5.41) is 4.48. The predicted molar refractivity (Wildman–Crippen MR) is 70.2 cm³/mol. The molecule has 5 heteroatoms. The first-order valence-corrected chi connectivity index (χ1v) is 6.51. The number of aromatic nitrogens is 1. The molecule has 2 aromatic rings. The number of rotatable bonds is 4. The van der Waals surface area contributed by atoms with Crippen molar-refractivity contribution in [3.05, 3.63) is 45.1 Å². The highest BCUT2D eigenvalue weighted by molar-refractivity contribution is 7.11. The Bertz CT molecular complexity index is 493. The zero-order chi connectivity index (χ0) is 12.3. The lowest BCUT2D eigenvalue weighted by Gasteiger charge is -2.07. The lowest BCUT2D eigenvalue weighted by Crippen LogP contribution is -2.00. The highest BCUT2D eigenvalue weighted by Gasteiger charge is 2.07. The molecule has 0 saturated heterocycles. The van der Waals surface area contributed by atoms with Gasteiger partial charge in [-0.15, -0.1) is 11.3 Å². The van der Waals surface area contributed by atoms with Crippen molar-refractivity contribution in [3.63, 3.8) is 0 Å². The number of halogens is 2. The summed E-state index contributed by atoms with van der Waals surface area (Å²) >= 11 is 7.54. The molecular formula is C12H12ClFN2S. The zero-order valence-electron chi connectivity index (χ0n) is 9.34. The van der Waals surface area contributed by atoms with E-state index in [1.54, 1.807) is 23.5 Å². The number of hydrogen-bond donors (Lipinski definition) is 1. The summed E-state index contributed by atoms with van der Waals surface area (Å²) in [7, 11) is 0. The number of hydrogen-bond acceptors (Lipinski definition) is 3. The van der Waals surface area contributed by atoms with E-state index < -0.39 is 0 Å². The Morgan fingerprint density at radius 3 is 2.94 bits per heavy atom. The second-order valence-corrected chi connectivity index (χ2v) is 5.13. The summed E-state index contributed by atoms with van der Waals surface area (Å²) in [6.07, 6.45) is 2.73. The maximum Gasteiger partial charge on any atom is 0.147 e. The zero-order valence-corrected chi connectivity index (χ0v) is 10.9. The molecule has 0 unspecified atom stereocenters. The predicted octanol–water partition coefficient (Wildman–Crippen LogP) is 4.11. The molecule has 1 N–H and O–H groups in total. The number of nitrogens with zero attached hydrogens (tertiary/aromatic N) is 1. The van der Waals surface area contributed by atoms with E-state index in [9.17, 15) is 4.39 Å². The van der Waals surface area contributed by atoms with Crippen molar-refractivity contribution < 1.29 is 4.39 Å². The number of nitrogens with one attached hydrogen (secondary N) is 1. The number of aryl methyl sites for hydroxylation is 1. The van der Waals surface area contributed by atoms with E-state index in [4.69, 9.17) is 11.6 Å². The van der Waals surface area contributed by atoms with E-state index in [-0.39, 0.29) is 5.82 Å². The van der Waals surface area contributed by atoms with E-state index in [2.05, 4.69) is 17.2 Å². The Labute approximate surface area is 108 Å². The van der Waals surface area contributed by atoms with Gasteiger partial charge in [0.05, 0.1) is 22.3 Å². The molecule has 0 radical (unpaired) electrons. The van der Waals surface area contributed by atoms with Crippen LogP contribution in [-0.2, 0) is 13.0 Å². The minimum absolute atomic E-state index is 0.335. The fourth-order valence-corrected chi connectivity index (χ4v) is 2.47. The van der Waals surface area contributed by atoms with Crippen LogP contribution < -0.4 is 5.32 Å². The third-order valence-corrected chi connectivity index (χ3v) is 3.76. The highest BCUT2D eigenvalue weighted by Crippen LogP contribution is 2.25. The molecule has 0 spiro atoms. The Morgan fingerprint density at radius 1 is 1.47 bits per heavy atom. The molecule has 90 valence electrons. The Kier molecular flexibility index (Phi) is 3.97. The van der Waals surface area contributed by atoms with Gasteiger partial charge in [-0.3, -0.25) is 0 Å². The molecule has 0 amide bonds. The summed E-state index contributed by atoms with van der Waals surface area (Å²) in [4.78, 5) is 5.31. The van der Waals surface area contributed by atoms with Crippen LogP contribution in [-0.4, -0.2) is 4.98 Å². The van der Waals surface area contributed by atoms with Crippen LogP contribution in [0, 0.1) is 5.82 Å².